The van der Waals surface area contributed by atoms with E-state index in [0.29, 0.717) is 23.7 Å². The number of rotatable bonds is 8. The molecule has 2 aromatic carbocycles. The molecule has 8 nitrogen and oxygen atoms in total. The molecule has 0 aliphatic carbocycles. The first-order chi connectivity index (χ1) is 14.4. The molecule has 3 aromatic rings. The number of fused-ring (bicyclic) bond motifs is 1. The van der Waals surface area contributed by atoms with Gasteiger partial charge in [0.25, 0.3) is 21.5 Å². The Balaban J connectivity index is 1.86. The predicted molar refractivity (Wildman–Crippen MR) is 115 cm³/mol. The molecule has 0 unspecified atom stereocenters. The van der Waals surface area contributed by atoms with Gasteiger partial charge in [-0.1, -0.05) is 50.6 Å². The molecule has 0 spiro atoms. The Morgan fingerprint density at radius 2 is 1.67 bits per heavy atom. The molecule has 9 heteroatoms. The third-order valence-corrected chi connectivity index (χ3v) is 5.85. The van der Waals surface area contributed by atoms with E-state index in [1.807, 2.05) is 13.8 Å². The van der Waals surface area contributed by atoms with Gasteiger partial charge in [-0.25, -0.2) is 13.1 Å². The van der Waals surface area contributed by atoms with Crippen LogP contribution in [-0.2, 0) is 23.0 Å². The lowest BCUT2D eigenvalue weighted by atomic mass is 10.1. The summed E-state index contributed by atoms with van der Waals surface area (Å²) in [6.07, 6.45) is 2.48. The average Bonchev–Trinajstić information content (AvgIpc) is 2.75. The van der Waals surface area contributed by atoms with Crippen LogP contribution >= 0.6 is 0 Å². The number of carbonyl (C=O) groups is 1. The zero-order valence-corrected chi connectivity index (χ0v) is 17.7. The number of hydrogen-bond acceptors (Lipinski definition) is 5. The van der Waals surface area contributed by atoms with Crippen molar-refractivity contribution in [1.29, 1.82) is 0 Å². The first kappa shape index (κ1) is 21.7. The van der Waals surface area contributed by atoms with E-state index in [1.54, 1.807) is 36.4 Å². The highest BCUT2D eigenvalue weighted by Gasteiger charge is 2.20. The molecule has 2 N–H and O–H groups in total. The molecule has 0 saturated heterocycles. The average molecular weight is 429 g/mol. The number of hydrazine groups is 1. The molecule has 0 fully saturated rings. The molecule has 1 aromatic heterocycles. The monoisotopic (exact) mass is 428 g/mol. The third kappa shape index (κ3) is 4.58. The van der Waals surface area contributed by atoms with E-state index >= 15 is 0 Å². The maximum atomic E-state index is 12.7. The Morgan fingerprint density at radius 3 is 2.30 bits per heavy atom. The number of aryl methyl sites for hydroxylation is 2. The van der Waals surface area contributed by atoms with Crippen LogP contribution in [-0.4, -0.2) is 24.1 Å². The van der Waals surface area contributed by atoms with Crippen LogP contribution < -0.4 is 15.8 Å². The molecule has 3 rings (SSSR count). The summed E-state index contributed by atoms with van der Waals surface area (Å²) in [5.74, 6) is -0.748. The molecule has 1 heterocycles. The van der Waals surface area contributed by atoms with Gasteiger partial charge in [-0.3, -0.25) is 15.0 Å². The molecule has 0 atom stereocenters. The number of carbonyl (C=O) groups excluding carboxylic acids is 1. The first-order valence-corrected chi connectivity index (χ1v) is 11.3. The SMILES string of the molecule is CCCc1ccc(S(=O)(=O)NNC(=O)c2nn(CCC)c(=O)c3ccccc23)cc1. The van der Waals surface area contributed by atoms with Crippen LogP contribution in [0.5, 0.6) is 0 Å². The van der Waals surface area contributed by atoms with Crippen molar-refractivity contribution in [3.8, 4) is 0 Å². The fraction of sp³-hybridized carbons (Fsp3) is 0.286. The van der Waals surface area contributed by atoms with E-state index in [0.717, 1.165) is 18.4 Å². The minimum Gasteiger partial charge on any atom is -0.272 e. The van der Waals surface area contributed by atoms with Gasteiger partial charge in [0.05, 0.1) is 10.3 Å². The Bertz CT molecular complexity index is 1220. The van der Waals surface area contributed by atoms with Gasteiger partial charge in [0.15, 0.2) is 5.69 Å². The second-order valence-electron chi connectivity index (χ2n) is 6.88. The van der Waals surface area contributed by atoms with Crippen LogP contribution in [0.25, 0.3) is 10.8 Å². The lowest BCUT2D eigenvalue weighted by molar-refractivity contribution is 0.0939. The van der Waals surface area contributed by atoms with Crippen LogP contribution in [0, 0.1) is 0 Å². The topological polar surface area (TPSA) is 110 Å². The van der Waals surface area contributed by atoms with Crippen molar-refractivity contribution in [2.75, 3.05) is 0 Å². The van der Waals surface area contributed by atoms with Gasteiger partial charge in [-0.15, -0.1) is 4.83 Å². The highest BCUT2D eigenvalue weighted by Crippen LogP contribution is 2.14. The maximum Gasteiger partial charge on any atom is 0.287 e. The summed E-state index contributed by atoms with van der Waals surface area (Å²) in [6.45, 7) is 4.28. The van der Waals surface area contributed by atoms with Crippen molar-refractivity contribution < 1.29 is 13.2 Å². The lowest BCUT2D eigenvalue weighted by Crippen LogP contribution is -2.42. The Kier molecular flexibility index (Phi) is 6.63. The number of aromatic nitrogens is 2. The van der Waals surface area contributed by atoms with Crippen LogP contribution in [0.2, 0.25) is 0 Å². The molecule has 158 valence electrons. The van der Waals surface area contributed by atoms with E-state index < -0.39 is 15.9 Å². The zero-order chi connectivity index (χ0) is 21.7. The van der Waals surface area contributed by atoms with Crippen LogP contribution in [0.4, 0.5) is 0 Å². The first-order valence-electron chi connectivity index (χ1n) is 9.78. The fourth-order valence-electron chi connectivity index (χ4n) is 3.12. The summed E-state index contributed by atoms with van der Waals surface area (Å²) in [4.78, 5) is 27.4. The van der Waals surface area contributed by atoms with Crippen LogP contribution in [0.3, 0.4) is 0 Å². The lowest BCUT2D eigenvalue weighted by Gasteiger charge is -2.12. The highest BCUT2D eigenvalue weighted by molar-refractivity contribution is 7.89. The zero-order valence-electron chi connectivity index (χ0n) is 16.9. The largest absolute Gasteiger partial charge is 0.287 e. The predicted octanol–water partition coefficient (Wildman–Crippen LogP) is 2.38. The van der Waals surface area contributed by atoms with Crippen molar-refractivity contribution in [2.45, 2.75) is 44.6 Å². The number of hydrogen-bond donors (Lipinski definition) is 2. The Labute approximate surface area is 174 Å². The third-order valence-electron chi connectivity index (χ3n) is 4.59. The highest BCUT2D eigenvalue weighted by atomic mass is 32.2. The second-order valence-corrected chi connectivity index (χ2v) is 8.56. The maximum absolute atomic E-state index is 12.7. The Hall–Kier alpha value is -3.04. The number of sulfonamides is 1. The molecule has 0 aliphatic heterocycles. The minimum atomic E-state index is -3.96. The van der Waals surface area contributed by atoms with Crippen LogP contribution in [0.15, 0.2) is 58.2 Å². The summed E-state index contributed by atoms with van der Waals surface area (Å²) < 4.78 is 26.3. The van der Waals surface area contributed by atoms with Gasteiger partial charge in [0.1, 0.15) is 0 Å². The molecule has 0 aliphatic rings. The molecule has 1 amide bonds. The van der Waals surface area contributed by atoms with Gasteiger partial charge in [0, 0.05) is 11.9 Å². The Morgan fingerprint density at radius 1 is 1.00 bits per heavy atom. The minimum absolute atomic E-state index is 0.0281. The number of nitrogens with one attached hydrogen (secondary N) is 2. The van der Waals surface area contributed by atoms with Gasteiger partial charge in [-0.05, 0) is 36.6 Å². The standard InChI is InChI=1S/C21H24N4O4S/c1-3-7-15-10-12-16(13-11-15)30(28,29)24-22-20(26)19-17-8-5-6-9-18(17)21(27)25(23-19)14-4-2/h5-6,8-13,24H,3-4,7,14H2,1-2H3,(H,22,26). The summed E-state index contributed by atoms with van der Waals surface area (Å²) in [5.41, 5.74) is 2.92. The van der Waals surface area contributed by atoms with Crippen molar-refractivity contribution in [3.63, 3.8) is 0 Å². The summed E-state index contributed by atoms with van der Waals surface area (Å²) in [6, 6.07) is 13.1. The van der Waals surface area contributed by atoms with E-state index in [9.17, 15) is 18.0 Å². The summed E-state index contributed by atoms with van der Waals surface area (Å²) in [5, 5.41) is 4.86. The number of nitrogens with zero attached hydrogens (tertiary/aromatic N) is 2. The van der Waals surface area contributed by atoms with Crippen molar-refractivity contribution in [1.82, 2.24) is 20.0 Å². The number of amides is 1. The molecule has 0 saturated carbocycles. The van der Waals surface area contributed by atoms with Gasteiger partial charge in [-0.2, -0.15) is 5.10 Å². The quantitative estimate of drug-likeness (QED) is 0.535. The van der Waals surface area contributed by atoms with E-state index in [1.165, 1.54) is 16.8 Å². The van der Waals surface area contributed by atoms with Gasteiger partial charge in [0.2, 0.25) is 0 Å². The number of benzene rings is 2. The van der Waals surface area contributed by atoms with E-state index in [-0.39, 0.29) is 16.1 Å². The van der Waals surface area contributed by atoms with Gasteiger partial charge < -0.3 is 0 Å². The van der Waals surface area contributed by atoms with E-state index in [4.69, 9.17) is 0 Å². The summed E-state index contributed by atoms with van der Waals surface area (Å²) >= 11 is 0. The molecular weight excluding hydrogens is 404 g/mol. The van der Waals surface area contributed by atoms with E-state index in [2.05, 4.69) is 15.4 Å². The van der Waals surface area contributed by atoms with Gasteiger partial charge >= 0.3 is 0 Å². The summed E-state index contributed by atoms with van der Waals surface area (Å²) in [7, 11) is -3.96. The van der Waals surface area contributed by atoms with Crippen molar-refractivity contribution >= 4 is 26.7 Å². The molecule has 0 radical (unpaired) electrons. The normalized spacial score (nSPS) is 11.5. The molecule has 0 bridgehead atoms. The molecular formula is C21H24N4O4S. The van der Waals surface area contributed by atoms with Crippen molar-refractivity contribution in [2.24, 2.45) is 0 Å². The van der Waals surface area contributed by atoms with Crippen LogP contribution in [0.1, 0.15) is 42.7 Å². The fourth-order valence-corrected chi connectivity index (χ4v) is 3.96. The smallest absolute Gasteiger partial charge is 0.272 e. The van der Waals surface area contributed by atoms with Crippen molar-refractivity contribution in [3.05, 3.63) is 70.1 Å². The second kappa shape index (κ2) is 9.19. The molecule has 30 heavy (non-hydrogen) atoms.